The van der Waals surface area contributed by atoms with Crippen LogP contribution in [-0.4, -0.2) is 96.7 Å². The molecule has 0 amide bonds. The second-order valence-electron chi connectivity index (χ2n) is 26.5. The summed E-state index contributed by atoms with van der Waals surface area (Å²) in [6, 6.07) is 0. The van der Waals surface area contributed by atoms with Gasteiger partial charge in [0.25, 0.3) is 0 Å². The van der Waals surface area contributed by atoms with Gasteiger partial charge >= 0.3 is 39.5 Å². The van der Waals surface area contributed by atoms with Gasteiger partial charge in [0.15, 0.2) is 12.2 Å². The highest BCUT2D eigenvalue weighted by molar-refractivity contribution is 7.47. The van der Waals surface area contributed by atoms with E-state index in [-0.39, 0.29) is 25.7 Å². The van der Waals surface area contributed by atoms with Gasteiger partial charge in [0.1, 0.15) is 19.3 Å². The average Bonchev–Trinajstić information content (AvgIpc) is 0.906. The molecule has 0 aromatic rings. The maximum absolute atomic E-state index is 13.1. The maximum atomic E-state index is 13.1. The smallest absolute Gasteiger partial charge is 0.462 e. The number of ether oxygens (including phenoxy) is 4. The zero-order valence-corrected chi connectivity index (χ0v) is 68.7. The first kappa shape index (κ1) is 102. The predicted molar refractivity (Wildman–Crippen MR) is 445 cm³/mol. The van der Waals surface area contributed by atoms with Crippen molar-refractivity contribution in [3.05, 3.63) is 182 Å². The lowest BCUT2D eigenvalue weighted by molar-refractivity contribution is -0.161. The topological polar surface area (TPSA) is 237 Å². The molecule has 0 spiro atoms. The number of carbonyl (C=O) groups is 4. The van der Waals surface area contributed by atoms with Crippen LogP contribution in [0.4, 0.5) is 0 Å². The maximum Gasteiger partial charge on any atom is 0.472 e. The Morgan fingerprint density at radius 3 is 0.731 bits per heavy atom. The summed E-state index contributed by atoms with van der Waals surface area (Å²) in [7, 11) is -10.0. The molecule has 5 atom stereocenters. The van der Waals surface area contributed by atoms with Crippen LogP contribution < -0.4 is 0 Å². The Kier molecular flexibility index (Phi) is 75.0. The molecule has 0 bridgehead atoms. The number of rotatable bonds is 75. The molecule has 3 N–H and O–H groups in total. The van der Waals surface area contributed by atoms with Crippen molar-refractivity contribution in [2.75, 3.05) is 39.6 Å². The molecule has 612 valence electrons. The molecule has 0 aromatic heterocycles. The Balaban J connectivity index is 5.47. The molecule has 0 aliphatic heterocycles. The number of phosphoric ester groups is 2. The van der Waals surface area contributed by atoms with Gasteiger partial charge in [0, 0.05) is 25.7 Å². The third-order valence-electron chi connectivity index (χ3n) is 16.4. The summed E-state index contributed by atoms with van der Waals surface area (Å²) in [5.41, 5.74) is 0. The molecule has 0 saturated carbocycles. The van der Waals surface area contributed by atoms with Crippen molar-refractivity contribution in [1.29, 1.82) is 0 Å². The van der Waals surface area contributed by atoms with E-state index in [1.807, 2.05) is 12.2 Å². The van der Waals surface area contributed by atoms with Gasteiger partial charge in [-0.25, -0.2) is 9.13 Å². The van der Waals surface area contributed by atoms with E-state index in [0.717, 1.165) is 212 Å². The summed E-state index contributed by atoms with van der Waals surface area (Å²) in [5, 5.41) is 10.7. The summed E-state index contributed by atoms with van der Waals surface area (Å²) in [6.45, 7) is 4.31. The Morgan fingerprint density at radius 1 is 0.259 bits per heavy atom. The second-order valence-corrected chi connectivity index (χ2v) is 29.4. The lowest BCUT2D eigenvalue weighted by Gasteiger charge is -2.21. The van der Waals surface area contributed by atoms with E-state index in [1.165, 1.54) is 0 Å². The first-order valence-electron chi connectivity index (χ1n) is 41.0. The third-order valence-corrected chi connectivity index (χ3v) is 18.3. The molecule has 108 heavy (non-hydrogen) atoms. The fourth-order valence-electron chi connectivity index (χ4n) is 10.3. The van der Waals surface area contributed by atoms with Crippen LogP contribution in [-0.2, 0) is 65.4 Å². The summed E-state index contributed by atoms with van der Waals surface area (Å²) < 4.78 is 68.7. The van der Waals surface area contributed by atoms with E-state index in [2.05, 4.69) is 198 Å². The molecule has 0 aliphatic carbocycles. The summed E-state index contributed by atoms with van der Waals surface area (Å²) in [6.07, 6.45) is 95.8. The highest BCUT2D eigenvalue weighted by Crippen LogP contribution is 2.45. The van der Waals surface area contributed by atoms with Crippen LogP contribution in [0.15, 0.2) is 182 Å². The van der Waals surface area contributed by atoms with Crippen LogP contribution >= 0.6 is 15.6 Å². The minimum atomic E-state index is -5.01. The number of aliphatic hydroxyl groups excluding tert-OH is 1. The number of unbranched alkanes of at least 4 members (excludes halogenated alkanes) is 19. The molecule has 0 fully saturated rings. The lowest BCUT2D eigenvalue weighted by Crippen LogP contribution is -2.30. The zero-order chi connectivity index (χ0) is 78.9. The van der Waals surface area contributed by atoms with Gasteiger partial charge < -0.3 is 33.8 Å². The van der Waals surface area contributed by atoms with Crippen molar-refractivity contribution in [2.24, 2.45) is 0 Å². The minimum Gasteiger partial charge on any atom is -0.462 e. The molecular formula is C89H144O17P2. The summed E-state index contributed by atoms with van der Waals surface area (Å²) in [4.78, 5) is 73.2. The van der Waals surface area contributed by atoms with E-state index in [4.69, 9.17) is 37.0 Å². The van der Waals surface area contributed by atoms with E-state index >= 15 is 0 Å². The van der Waals surface area contributed by atoms with Crippen molar-refractivity contribution < 1.29 is 80.2 Å². The van der Waals surface area contributed by atoms with Gasteiger partial charge in [0.2, 0.25) is 0 Å². The van der Waals surface area contributed by atoms with Crippen molar-refractivity contribution >= 4 is 39.5 Å². The SMILES string of the molecule is CC/C=C\C/C=C\C/C=C\C/C=C\C/C=C\CCCC(=O)OCC(COP(=O)(O)OCC(O)COP(=O)(O)OCC(COC(=O)CCCCCCCC/C=C\C/C=C\C/C=C\C/C=C\CC)OC(=O)CCCCCCCCC/C=C\C/C=C\C/C=C\CC)OC(=O)CCCCCCC/C=C\C/C=C\C/C=C\CC. The molecular weight excluding hydrogens is 1400 g/mol. The predicted octanol–water partition coefficient (Wildman–Crippen LogP) is 24.3. The summed E-state index contributed by atoms with van der Waals surface area (Å²) in [5.74, 6) is -2.30. The number of hydrogen-bond donors (Lipinski definition) is 3. The van der Waals surface area contributed by atoms with Gasteiger partial charge in [-0.15, -0.1) is 0 Å². The third kappa shape index (κ3) is 78.3. The van der Waals surface area contributed by atoms with Crippen molar-refractivity contribution in [3.63, 3.8) is 0 Å². The van der Waals surface area contributed by atoms with E-state index in [1.54, 1.807) is 0 Å². The average molecular weight is 1550 g/mol. The van der Waals surface area contributed by atoms with Crippen LogP contribution in [0, 0.1) is 0 Å². The monoisotopic (exact) mass is 1550 g/mol. The second kappa shape index (κ2) is 79.3. The first-order valence-corrected chi connectivity index (χ1v) is 44.0. The lowest BCUT2D eigenvalue weighted by atomic mass is 10.1. The fraction of sp³-hybridized carbons (Fsp3) is 0.618. The molecule has 0 heterocycles. The molecule has 0 rings (SSSR count). The first-order chi connectivity index (χ1) is 52.7. The minimum absolute atomic E-state index is 0.0565. The van der Waals surface area contributed by atoms with Crippen LogP contribution in [0.5, 0.6) is 0 Å². The Bertz CT molecular complexity index is 2760. The van der Waals surface area contributed by atoms with Crippen LogP contribution in [0.3, 0.4) is 0 Å². The Morgan fingerprint density at radius 2 is 0.463 bits per heavy atom. The molecule has 17 nitrogen and oxygen atoms in total. The molecule has 0 aromatic carbocycles. The number of aliphatic hydroxyl groups is 1. The summed E-state index contributed by atoms with van der Waals surface area (Å²) >= 11 is 0. The van der Waals surface area contributed by atoms with Crippen molar-refractivity contribution in [1.82, 2.24) is 0 Å². The molecule has 5 unspecified atom stereocenters. The van der Waals surface area contributed by atoms with Crippen LogP contribution in [0.2, 0.25) is 0 Å². The van der Waals surface area contributed by atoms with Gasteiger partial charge in [-0.05, 0) is 167 Å². The number of esters is 4. The number of hydrogen-bond acceptors (Lipinski definition) is 15. The standard InChI is InChI=1S/C89H144O17P2/c1-5-9-13-17-21-25-29-33-37-40-41-44-47-50-54-58-62-66-70-74-87(92)100-80-85(106-89(94)76-72-68-64-60-56-52-48-43-39-35-31-27-23-19-15-11-7-3)82-104-108(97,98)102-78-83(90)77-101-107(95,96)103-81-84(105-88(93)75-71-67-63-59-55-51-45-36-32-28-24-20-16-12-8-4)79-99-86(91)73-69-65-61-57-53-49-46-42-38-34-30-26-22-18-14-10-6-2/h9-16,21-28,33-39,41,44-46,49,57,61,83-85,90H,5-8,17-20,29-32,40,42-43,47-48,50-56,58-60,62-82H2,1-4H3,(H,95,96)(H,97,98)/b13-9-,14-10-,15-11-,16-12-,25-21-,26-22-,27-23-,28-24-,37-33-,38-34-,39-35-,44-41-,45-36-,49-46-,61-57-. The van der Waals surface area contributed by atoms with E-state index in [9.17, 15) is 43.2 Å². The van der Waals surface area contributed by atoms with Crippen molar-refractivity contribution in [2.45, 2.75) is 316 Å². The molecule has 0 radical (unpaired) electrons. The van der Waals surface area contributed by atoms with Gasteiger partial charge in [-0.2, -0.15) is 0 Å². The Labute approximate surface area is 654 Å². The Hall–Kier alpha value is -5.84. The zero-order valence-electron chi connectivity index (χ0n) is 66.9. The van der Waals surface area contributed by atoms with Gasteiger partial charge in [0.05, 0.1) is 26.4 Å². The number of carbonyl (C=O) groups excluding carboxylic acids is 4. The highest BCUT2D eigenvalue weighted by atomic mass is 31.2. The quantitative estimate of drug-likeness (QED) is 0.0169. The fourth-order valence-corrected chi connectivity index (χ4v) is 11.9. The van der Waals surface area contributed by atoms with E-state index in [0.29, 0.717) is 32.1 Å². The number of phosphoric acid groups is 2. The molecule has 19 heteroatoms. The van der Waals surface area contributed by atoms with Crippen LogP contribution in [0.1, 0.15) is 297 Å². The van der Waals surface area contributed by atoms with Gasteiger partial charge in [-0.3, -0.25) is 37.3 Å². The molecule has 0 saturated heterocycles. The largest absolute Gasteiger partial charge is 0.472 e. The normalized spacial score (nSPS) is 14.8. The number of allylic oxidation sites excluding steroid dienone is 30. The van der Waals surface area contributed by atoms with E-state index < -0.39 is 97.5 Å². The van der Waals surface area contributed by atoms with Crippen LogP contribution in [0.25, 0.3) is 0 Å². The highest BCUT2D eigenvalue weighted by Gasteiger charge is 2.30. The van der Waals surface area contributed by atoms with Gasteiger partial charge in [-0.1, -0.05) is 287 Å². The molecule has 0 aliphatic rings. The van der Waals surface area contributed by atoms with Crippen molar-refractivity contribution in [3.8, 4) is 0 Å².